The SMILES string of the molecule is CCOc1ccc2nc3cc(Cl)ccc3c(N(CC)N(CC)CC)c2c1. The molecule has 1 aromatic heterocycles. The normalized spacial score (nSPS) is 11.5. The van der Waals surface area contributed by atoms with Crippen molar-refractivity contribution >= 4 is 39.1 Å². The molecule has 0 aliphatic rings. The molecule has 1 heterocycles. The Kier molecular flexibility index (Phi) is 5.84. The van der Waals surface area contributed by atoms with Crippen LogP contribution in [0.1, 0.15) is 27.7 Å². The fourth-order valence-electron chi connectivity index (χ4n) is 3.47. The number of hydrazine groups is 1. The molecule has 0 amide bonds. The van der Waals surface area contributed by atoms with E-state index in [2.05, 4.69) is 42.9 Å². The Bertz CT molecular complexity index is 909. The zero-order chi connectivity index (χ0) is 18.7. The third-order valence-electron chi connectivity index (χ3n) is 4.62. The summed E-state index contributed by atoms with van der Waals surface area (Å²) in [5.74, 6) is 0.868. The number of aromatic nitrogens is 1. The molecule has 0 spiro atoms. The van der Waals surface area contributed by atoms with Gasteiger partial charge in [-0.3, -0.25) is 0 Å². The lowest BCUT2D eigenvalue weighted by molar-refractivity contribution is 0.281. The van der Waals surface area contributed by atoms with Gasteiger partial charge in [0.15, 0.2) is 0 Å². The summed E-state index contributed by atoms with van der Waals surface area (Å²) in [6.45, 7) is 11.9. The van der Waals surface area contributed by atoms with E-state index in [1.165, 1.54) is 0 Å². The molecule has 2 aromatic carbocycles. The molecule has 0 saturated carbocycles. The lowest BCUT2D eigenvalue weighted by Gasteiger charge is -2.36. The van der Waals surface area contributed by atoms with Gasteiger partial charge in [-0.1, -0.05) is 25.4 Å². The molecule has 0 aliphatic carbocycles. The van der Waals surface area contributed by atoms with Crippen molar-refractivity contribution < 1.29 is 4.74 Å². The molecule has 26 heavy (non-hydrogen) atoms. The van der Waals surface area contributed by atoms with Crippen molar-refractivity contribution in [1.29, 1.82) is 0 Å². The maximum atomic E-state index is 6.24. The molecule has 0 bridgehead atoms. The number of halogens is 1. The molecule has 0 saturated heterocycles. The molecule has 0 N–H and O–H groups in total. The Morgan fingerprint density at radius 3 is 2.31 bits per heavy atom. The molecule has 4 nitrogen and oxygen atoms in total. The zero-order valence-corrected chi connectivity index (χ0v) is 16.7. The van der Waals surface area contributed by atoms with Crippen LogP contribution in [0.25, 0.3) is 21.8 Å². The van der Waals surface area contributed by atoms with Gasteiger partial charge in [-0.15, -0.1) is 0 Å². The number of ether oxygens (including phenoxy) is 1. The van der Waals surface area contributed by atoms with Gasteiger partial charge in [0.2, 0.25) is 0 Å². The highest BCUT2D eigenvalue weighted by atomic mass is 35.5. The van der Waals surface area contributed by atoms with Gasteiger partial charge in [-0.25, -0.2) is 9.99 Å². The first-order chi connectivity index (χ1) is 12.6. The van der Waals surface area contributed by atoms with E-state index >= 15 is 0 Å². The van der Waals surface area contributed by atoms with Crippen molar-refractivity contribution in [1.82, 2.24) is 9.99 Å². The van der Waals surface area contributed by atoms with Crippen molar-refractivity contribution in [3.8, 4) is 5.75 Å². The number of fused-ring (bicyclic) bond motifs is 2. The predicted molar refractivity (Wildman–Crippen MR) is 111 cm³/mol. The lowest BCUT2D eigenvalue weighted by atomic mass is 10.1. The highest BCUT2D eigenvalue weighted by Gasteiger charge is 2.19. The second kappa shape index (κ2) is 8.11. The van der Waals surface area contributed by atoms with Crippen LogP contribution < -0.4 is 9.75 Å². The summed E-state index contributed by atoms with van der Waals surface area (Å²) in [6.07, 6.45) is 0. The van der Waals surface area contributed by atoms with Crippen LogP contribution in [-0.4, -0.2) is 36.2 Å². The maximum Gasteiger partial charge on any atom is 0.120 e. The van der Waals surface area contributed by atoms with Gasteiger partial charge in [0.1, 0.15) is 5.75 Å². The minimum absolute atomic E-state index is 0.644. The zero-order valence-electron chi connectivity index (χ0n) is 15.9. The van der Waals surface area contributed by atoms with Crippen molar-refractivity contribution in [2.45, 2.75) is 27.7 Å². The summed E-state index contributed by atoms with van der Waals surface area (Å²) in [5.41, 5.74) is 3.02. The molecule has 0 aliphatic heterocycles. The van der Waals surface area contributed by atoms with Gasteiger partial charge in [-0.05, 0) is 50.2 Å². The first-order valence-electron chi connectivity index (χ1n) is 9.31. The van der Waals surface area contributed by atoms with E-state index in [-0.39, 0.29) is 0 Å². The first-order valence-corrected chi connectivity index (χ1v) is 9.68. The number of anilines is 1. The number of benzene rings is 2. The van der Waals surface area contributed by atoms with Crippen LogP contribution in [0.15, 0.2) is 36.4 Å². The fourth-order valence-corrected chi connectivity index (χ4v) is 3.64. The van der Waals surface area contributed by atoms with Gasteiger partial charge in [0, 0.05) is 35.4 Å². The molecule has 5 heteroatoms. The number of pyridine rings is 1. The molecular weight excluding hydrogens is 346 g/mol. The Morgan fingerprint density at radius 2 is 1.65 bits per heavy atom. The smallest absolute Gasteiger partial charge is 0.120 e. The predicted octanol–water partition coefficient (Wildman–Crippen LogP) is 5.52. The lowest BCUT2D eigenvalue weighted by Crippen LogP contribution is -2.42. The van der Waals surface area contributed by atoms with Crippen LogP contribution in [-0.2, 0) is 0 Å². The third-order valence-corrected chi connectivity index (χ3v) is 4.85. The Labute approximate surface area is 160 Å². The molecule has 3 aromatic rings. The van der Waals surface area contributed by atoms with E-state index < -0.39 is 0 Å². The van der Waals surface area contributed by atoms with E-state index in [1.54, 1.807) is 0 Å². The molecular formula is C21H26ClN3O. The van der Waals surface area contributed by atoms with E-state index in [9.17, 15) is 0 Å². The van der Waals surface area contributed by atoms with E-state index in [1.807, 2.05) is 31.2 Å². The Hall–Kier alpha value is -2.04. The van der Waals surface area contributed by atoms with Gasteiger partial charge in [0.25, 0.3) is 0 Å². The number of hydrogen-bond acceptors (Lipinski definition) is 4. The third kappa shape index (κ3) is 3.44. The van der Waals surface area contributed by atoms with Crippen LogP contribution in [0.2, 0.25) is 5.02 Å². The largest absolute Gasteiger partial charge is 0.494 e. The molecule has 0 fully saturated rings. The Morgan fingerprint density at radius 1 is 0.885 bits per heavy atom. The van der Waals surface area contributed by atoms with Crippen molar-refractivity contribution in [2.24, 2.45) is 0 Å². The number of rotatable bonds is 7. The van der Waals surface area contributed by atoms with Gasteiger partial charge < -0.3 is 9.75 Å². The summed E-state index contributed by atoms with van der Waals surface area (Å²) < 4.78 is 5.75. The number of nitrogens with zero attached hydrogens (tertiary/aromatic N) is 3. The van der Waals surface area contributed by atoms with Crippen molar-refractivity contribution in [3.05, 3.63) is 41.4 Å². The molecule has 0 atom stereocenters. The second-order valence-electron chi connectivity index (χ2n) is 6.09. The fraction of sp³-hybridized carbons (Fsp3) is 0.381. The van der Waals surface area contributed by atoms with Crippen LogP contribution in [0.5, 0.6) is 5.75 Å². The van der Waals surface area contributed by atoms with E-state index in [4.69, 9.17) is 21.3 Å². The van der Waals surface area contributed by atoms with Gasteiger partial charge in [0.05, 0.1) is 23.3 Å². The summed E-state index contributed by atoms with van der Waals surface area (Å²) in [5, 5.41) is 7.59. The van der Waals surface area contributed by atoms with E-state index in [0.717, 1.165) is 52.9 Å². The van der Waals surface area contributed by atoms with Crippen LogP contribution >= 0.6 is 11.6 Å². The highest BCUT2D eigenvalue weighted by molar-refractivity contribution is 6.31. The quantitative estimate of drug-likeness (QED) is 0.403. The summed E-state index contributed by atoms with van der Waals surface area (Å²) >= 11 is 6.24. The molecule has 0 radical (unpaired) electrons. The molecule has 0 unspecified atom stereocenters. The minimum Gasteiger partial charge on any atom is -0.494 e. The highest BCUT2D eigenvalue weighted by Crippen LogP contribution is 2.37. The first kappa shape index (κ1) is 18.7. The van der Waals surface area contributed by atoms with Crippen molar-refractivity contribution in [3.63, 3.8) is 0 Å². The molecule has 138 valence electrons. The minimum atomic E-state index is 0.644. The average molecular weight is 372 g/mol. The standard InChI is InChI=1S/C21H26ClN3O/c1-5-24(6-2)25(7-3)21-17-11-9-15(22)13-20(17)23-19-12-10-16(26-8-4)14-18(19)21/h9-14H,5-8H2,1-4H3. The number of hydrogen-bond donors (Lipinski definition) is 0. The Balaban J connectivity index is 2.36. The monoisotopic (exact) mass is 371 g/mol. The average Bonchev–Trinajstić information content (AvgIpc) is 2.65. The van der Waals surface area contributed by atoms with Crippen molar-refractivity contribution in [2.75, 3.05) is 31.3 Å². The van der Waals surface area contributed by atoms with Crippen LogP contribution in [0.3, 0.4) is 0 Å². The van der Waals surface area contributed by atoms with E-state index in [0.29, 0.717) is 11.6 Å². The summed E-state index contributed by atoms with van der Waals surface area (Å²) in [7, 11) is 0. The summed E-state index contributed by atoms with van der Waals surface area (Å²) in [6, 6.07) is 12.0. The van der Waals surface area contributed by atoms with Gasteiger partial charge in [-0.2, -0.15) is 0 Å². The summed E-state index contributed by atoms with van der Waals surface area (Å²) in [4.78, 5) is 4.84. The maximum absolute atomic E-state index is 6.24. The molecule has 3 rings (SSSR count). The van der Waals surface area contributed by atoms with Crippen LogP contribution in [0, 0.1) is 0 Å². The topological polar surface area (TPSA) is 28.6 Å². The van der Waals surface area contributed by atoms with Gasteiger partial charge >= 0.3 is 0 Å². The second-order valence-corrected chi connectivity index (χ2v) is 6.52. The van der Waals surface area contributed by atoms with Crippen LogP contribution in [0.4, 0.5) is 5.69 Å².